The van der Waals surface area contributed by atoms with Crippen molar-refractivity contribution >= 4 is 12.4 Å². The van der Waals surface area contributed by atoms with Crippen molar-refractivity contribution in [1.82, 2.24) is 4.98 Å². The molecule has 0 fully saturated rings. The fraction of sp³-hybridized carbons (Fsp3) is 0.375. The Labute approximate surface area is 77.5 Å². The van der Waals surface area contributed by atoms with Crippen LogP contribution in [0.2, 0.25) is 0 Å². The maximum absolute atomic E-state index is 8.74. The van der Waals surface area contributed by atoms with E-state index < -0.39 is 0 Å². The molecule has 0 aliphatic carbocycles. The van der Waals surface area contributed by atoms with Crippen LogP contribution in [0.5, 0.6) is 0 Å². The van der Waals surface area contributed by atoms with Gasteiger partial charge in [0.2, 0.25) is 0 Å². The van der Waals surface area contributed by atoms with E-state index >= 15 is 0 Å². The van der Waals surface area contributed by atoms with E-state index in [1.165, 1.54) is 0 Å². The first-order valence-electron chi connectivity index (χ1n) is 3.44. The van der Waals surface area contributed by atoms with Gasteiger partial charge in [-0.25, -0.2) is 0 Å². The maximum Gasteiger partial charge on any atom is 0.0853 e. The largest absolute Gasteiger partial charge is 0.390 e. The number of aromatic nitrogens is 1. The molecule has 0 spiro atoms. The lowest BCUT2D eigenvalue weighted by Gasteiger charge is -2.01. The zero-order valence-electron chi connectivity index (χ0n) is 6.82. The quantitative estimate of drug-likeness (QED) is 0.724. The Kier molecular flexibility index (Phi) is 4.81. The van der Waals surface area contributed by atoms with Crippen LogP contribution in [-0.2, 0) is 13.2 Å². The van der Waals surface area contributed by atoms with Gasteiger partial charge in [0.15, 0.2) is 0 Å². The summed E-state index contributed by atoms with van der Waals surface area (Å²) < 4.78 is 0. The average molecular weight is 190 g/mol. The Bertz CT molecular complexity index is 231. The van der Waals surface area contributed by atoms with Crippen molar-refractivity contribution in [1.29, 1.82) is 0 Å². The molecule has 1 aromatic heterocycles. The van der Waals surface area contributed by atoms with Gasteiger partial charge in [-0.15, -0.1) is 12.4 Å². The molecule has 12 heavy (non-hydrogen) atoms. The van der Waals surface area contributed by atoms with E-state index in [0.29, 0.717) is 11.4 Å². The Hall–Kier alpha value is -0.640. The normalized spacial score (nSPS) is 9.25. The van der Waals surface area contributed by atoms with Crippen molar-refractivity contribution in [2.45, 2.75) is 20.1 Å². The third-order valence-corrected chi connectivity index (χ3v) is 1.40. The fourth-order valence-corrected chi connectivity index (χ4v) is 0.978. The highest BCUT2D eigenvalue weighted by molar-refractivity contribution is 5.85. The number of pyridine rings is 1. The Morgan fingerprint density at radius 2 is 1.58 bits per heavy atom. The van der Waals surface area contributed by atoms with Gasteiger partial charge in [0.05, 0.1) is 24.6 Å². The number of nitrogens with zero attached hydrogens (tertiary/aromatic N) is 1. The molecule has 0 radical (unpaired) electrons. The number of rotatable bonds is 2. The van der Waals surface area contributed by atoms with Crippen molar-refractivity contribution < 1.29 is 10.2 Å². The minimum absolute atomic E-state index is 0. The predicted octanol–water partition coefficient (Wildman–Crippen LogP) is 0.796. The summed E-state index contributed by atoms with van der Waals surface area (Å²) >= 11 is 0. The minimum Gasteiger partial charge on any atom is -0.390 e. The Morgan fingerprint density at radius 1 is 1.17 bits per heavy atom. The van der Waals surface area contributed by atoms with Crippen LogP contribution < -0.4 is 0 Å². The molecule has 0 aliphatic rings. The minimum atomic E-state index is -0.0747. The lowest BCUT2D eigenvalue weighted by atomic mass is 10.2. The van der Waals surface area contributed by atoms with Gasteiger partial charge in [0, 0.05) is 0 Å². The number of halogens is 1. The van der Waals surface area contributed by atoms with Crippen LogP contribution >= 0.6 is 12.4 Å². The third-order valence-electron chi connectivity index (χ3n) is 1.40. The Balaban J connectivity index is 0.00000121. The molecule has 3 nitrogen and oxygen atoms in total. The molecule has 1 heterocycles. The molecule has 0 aromatic carbocycles. The van der Waals surface area contributed by atoms with Crippen LogP contribution in [0.1, 0.15) is 17.0 Å². The molecule has 1 aromatic rings. The number of aliphatic hydroxyl groups is 2. The highest BCUT2D eigenvalue weighted by Gasteiger charge is 1.97. The predicted molar refractivity (Wildman–Crippen MR) is 48.1 cm³/mol. The second-order valence-electron chi connectivity index (χ2n) is 2.44. The second-order valence-corrected chi connectivity index (χ2v) is 2.44. The summed E-state index contributed by atoms with van der Waals surface area (Å²) in [6, 6.07) is 3.58. The number of aliphatic hydroxyl groups excluding tert-OH is 2. The second kappa shape index (κ2) is 5.09. The van der Waals surface area contributed by atoms with Crippen molar-refractivity contribution in [3.8, 4) is 0 Å². The first-order chi connectivity index (χ1) is 5.26. The molecule has 1 rings (SSSR count). The summed E-state index contributed by atoms with van der Waals surface area (Å²) in [6.45, 7) is 1.75. The molecular formula is C8H12ClNO2. The zero-order valence-corrected chi connectivity index (χ0v) is 7.64. The van der Waals surface area contributed by atoms with E-state index in [-0.39, 0.29) is 25.6 Å². The topological polar surface area (TPSA) is 53.4 Å². The van der Waals surface area contributed by atoms with Crippen LogP contribution in [0.15, 0.2) is 12.1 Å². The molecule has 0 bridgehead atoms. The van der Waals surface area contributed by atoms with Crippen LogP contribution in [0.4, 0.5) is 0 Å². The first-order valence-corrected chi connectivity index (χ1v) is 3.44. The SMILES string of the molecule is Cc1cc(CO)nc(CO)c1.Cl. The van der Waals surface area contributed by atoms with Gasteiger partial charge in [-0.1, -0.05) is 0 Å². The van der Waals surface area contributed by atoms with Gasteiger partial charge in [-0.05, 0) is 24.6 Å². The highest BCUT2D eigenvalue weighted by Crippen LogP contribution is 2.04. The smallest absolute Gasteiger partial charge is 0.0853 e. The van der Waals surface area contributed by atoms with Gasteiger partial charge in [0.1, 0.15) is 0 Å². The summed E-state index contributed by atoms with van der Waals surface area (Å²) in [5.74, 6) is 0. The van der Waals surface area contributed by atoms with E-state index in [2.05, 4.69) is 4.98 Å². The zero-order chi connectivity index (χ0) is 8.27. The molecule has 0 unspecified atom stereocenters. The molecule has 0 aliphatic heterocycles. The number of hydrogen-bond donors (Lipinski definition) is 2. The highest BCUT2D eigenvalue weighted by atomic mass is 35.5. The van der Waals surface area contributed by atoms with Gasteiger partial charge in [-0.3, -0.25) is 4.98 Å². The van der Waals surface area contributed by atoms with Gasteiger partial charge in [-0.2, -0.15) is 0 Å². The van der Waals surface area contributed by atoms with E-state index in [0.717, 1.165) is 5.56 Å². The monoisotopic (exact) mass is 189 g/mol. The van der Waals surface area contributed by atoms with Gasteiger partial charge < -0.3 is 10.2 Å². The summed E-state index contributed by atoms with van der Waals surface area (Å²) in [5, 5.41) is 17.5. The van der Waals surface area contributed by atoms with Crippen LogP contribution in [0.3, 0.4) is 0 Å². The maximum atomic E-state index is 8.74. The van der Waals surface area contributed by atoms with Crippen LogP contribution in [0.25, 0.3) is 0 Å². The van der Waals surface area contributed by atoms with E-state index in [1.807, 2.05) is 6.92 Å². The summed E-state index contributed by atoms with van der Waals surface area (Å²) in [6.07, 6.45) is 0. The summed E-state index contributed by atoms with van der Waals surface area (Å²) in [5.41, 5.74) is 2.22. The lowest BCUT2D eigenvalue weighted by Crippen LogP contribution is -1.96. The van der Waals surface area contributed by atoms with Gasteiger partial charge >= 0.3 is 0 Å². The van der Waals surface area contributed by atoms with E-state index in [4.69, 9.17) is 10.2 Å². The summed E-state index contributed by atoms with van der Waals surface area (Å²) in [7, 11) is 0. The molecule has 0 saturated carbocycles. The summed E-state index contributed by atoms with van der Waals surface area (Å²) in [4.78, 5) is 3.97. The van der Waals surface area contributed by atoms with Crippen LogP contribution in [0, 0.1) is 6.92 Å². The molecule has 2 N–H and O–H groups in total. The molecule has 68 valence electrons. The van der Waals surface area contributed by atoms with Gasteiger partial charge in [0.25, 0.3) is 0 Å². The molecule has 0 atom stereocenters. The Morgan fingerprint density at radius 3 is 1.92 bits per heavy atom. The first kappa shape index (κ1) is 11.4. The van der Waals surface area contributed by atoms with Crippen molar-refractivity contribution in [3.05, 3.63) is 29.1 Å². The average Bonchev–Trinajstić information content (AvgIpc) is 2.03. The lowest BCUT2D eigenvalue weighted by molar-refractivity contribution is 0.265. The fourth-order valence-electron chi connectivity index (χ4n) is 0.978. The van der Waals surface area contributed by atoms with Crippen LogP contribution in [-0.4, -0.2) is 15.2 Å². The standard InChI is InChI=1S/C8H11NO2.ClH/c1-6-2-7(4-10)9-8(3-6)5-11;/h2-3,10-11H,4-5H2,1H3;1H. The van der Waals surface area contributed by atoms with Crippen molar-refractivity contribution in [2.75, 3.05) is 0 Å². The molecule has 0 saturated heterocycles. The van der Waals surface area contributed by atoms with E-state index in [1.54, 1.807) is 12.1 Å². The third kappa shape index (κ3) is 2.77. The molecule has 0 amide bonds. The van der Waals surface area contributed by atoms with Crippen molar-refractivity contribution in [2.24, 2.45) is 0 Å². The molecular weight excluding hydrogens is 178 g/mol. The van der Waals surface area contributed by atoms with E-state index in [9.17, 15) is 0 Å². The van der Waals surface area contributed by atoms with Crippen molar-refractivity contribution in [3.63, 3.8) is 0 Å². The molecule has 4 heteroatoms. The number of aryl methyl sites for hydroxylation is 1. The number of hydrogen-bond acceptors (Lipinski definition) is 3.